The van der Waals surface area contributed by atoms with E-state index in [1.165, 1.54) is 0 Å². The van der Waals surface area contributed by atoms with Gasteiger partial charge in [-0.2, -0.15) is 4.91 Å². The Kier molecular flexibility index (Phi) is 2.97. The van der Waals surface area contributed by atoms with Gasteiger partial charge in [0.25, 0.3) is 0 Å². The van der Waals surface area contributed by atoms with E-state index in [9.17, 15) is 4.91 Å². The summed E-state index contributed by atoms with van der Waals surface area (Å²) in [5.74, 6) is 0.388. The third kappa shape index (κ3) is 2.16. The molecule has 0 saturated heterocycles. The van der Waals surface area contributed by atoms with Gasteiger partial charge in [-0.15, -0.1) is 0 Å². The van der Waals surface area contributed by atoms with E-state index in [4.69, 9.17) is 0 Å². The molecule has 1 rings (SSSR count). The molecule has 0 fully saturated rings. The third-order valence-corrected chi connectivity index (χ3v) is 1.91. The van der Waals surface area contributed by atoms with Crippen molar-refractivity contribution < 1.29 is 0 Å². The van der Waals surface area contributed by atoms with E-state index in [1.54, 1.807) is 6.92 Å². The minimum absolute atomic E-state index is 0.233. The average molecular weight is 163 g/mol. The lowest BCUT2D eigenvalue weighted by Gasteiger charge is -2.04. The molecule has 0 heterocycles. The fourth-order valence-electron chi connectivity index (χ4n) is 1.16. The van der Waals surface area contributed by atoms with Gasteiger partial charge in [-0.3, -0.25) is 0 Å². The summed E-state index contributed by atoms with van der Waals surface area (Å²) in [5.41, 5.74) is 1.00. The minimum Gasteiger partial charge on any atom is -0.150 e. The monoisotopic (exact) mass is 163 g/mol. The van der Waals surface area contributed by atoms with Crippen LogP contribution in [-0.2, 0) is 0 Å². The van der Waals surface area contributed by atoms with Crippen molar-refractivity contribution in [3.63, 3.8) is 0 Å². The largest absolute Gasteiger partial charge is 0.150 e. The van der Waals surface area contributed by atoms with Crippen LogP contribution >= 0.6 is 0 Å². The van der Waals surface area contributed by atoms with Gasteiger partial charge in [0.05, 0.1) is 0 Å². The first kappa shape index (κ1) is 8.91. The van der Waals surface area contributed by atoms with E-state index in [1.807, 2.05) is 18.2 Å². The molecule has 0 aromatic heterocycles. The van der Waals surface area contributed by atoms with E-state index >= 15 is 0 Å². The molecule has 0 aromatic rings. The fraction of sp³-hybridized carbons (Fsp3) is 0.400. The maximum atomic E-state index is 10.3. The molecular weight excluding hydrogens is 150 g/mol. The quantitative estimate of drug-likeness (QED) is 0.575. The molecule has 12 heavy (non-hydrogen) atoms. The van der Waals surface area contributed by atoms with Gasteiger partial charge in [0.15, 0.2) is 0 Å². The second kappa shape index (κ2) is 4.00. The summed E-state index contributed by atoms with van der Waals surface area (Å²) in [5, 5.41) is 2.99. The highest BCUT2D eigenvalue weighted by Crippen LogP contribution is 2.15. The smallest absolute Gasteiger partial charge is 0.114 e. The molecule has 2 heteroatoms. The SMILES string of the molecule is CC1C=CC=CC(C(C)N=O)=C1. The van der Waals surface area contributed by atoms with Crippen LogP contribution in [0.3, 0.4) is 0 Å². The van der Waals surface area contributed by atoms with Gasteiger partial charge in [-0.25, -0.2) is 0 Å². The Labute approximate surface area is 72.6 Å². The molecule has 0 bridgehead atoms. The van der Waals surface area contributed by atoms with Crippen molar-refractivity contribution in [3.05, 3.63) is 40.9 Å². The molecule has 64 valence electrons. The summed E-state index contributed by atoms with van der Waals surface area (Å²) in [6.07, 6.45) is 10.0. The summed E-state index contributed by atoms with van der Waals surface area (Å²) >= 11 is 0. The van der Waals surface area contributed by atoms with Crippen LogP contribution in [0.1, 0.15) is 13.8 Å². The highest BCUT2D eigenvalue weighted by atomic mass is 16.3. The van der Waals surface area contributed by atoms with Crippen LogP contribution in [0, 0.1) is 10.8 Å². The Morgan fingerprint density at radius 2 is 2.25 bits per heavy atom. The summed E-state index contributed by atoms with van der Waals surface area (Å²) in [6, 6.07) is -0.233. The predicted molar refractivity (Wildman–Crippen MR) is 50.8 cm³/mol. The van der Waals surface area contributed by atoms with Gasteiger partial charge in [-0.1, -0.05) is 42.5 Å². The van der Waals surface area contributed by atoms with Gasteiger partial charge in [0, 0.05) is 0 Å². The molecule has 2 unspecified atom stereocenters. The van der Waals surface area contributed by atoms with E-state index < -0.39 is 0 Å². The Balaban J connectivity index is 2.82. The van der Waals surface area contributed by atoms with Crippen LogP contribution in [-0.4, -0.2) is 6.04 Å². The van der Waals surface area contributed by atoms with Gasteiger partial charge in [0.2, 0.25) is 0 Å². The van der Waals surface area contributed by atoms with Gasteiger partial charge in [0.1, 0.15) is 6.04 Å². The van der Waals surface area contributed by atoms with Crippen molar-refractivity contribution in [3.8, 4) is 0 Å². The minimum atomic E-state index is -0.233. The van der Waals surface area contributed by atoms with E-state index in [0.29, 0.717) is 5.92 Å². The van der Waals surface area contributed by atoms with Crippen LogP contribution in [0.25, 0.3) is 0 Å². The molecule has 0 radical (unpaired) electrons. The molecule has 1 aliphatic carbocycles. The number of allylic oxidation sites excluding steroid dienone is 4. The summed E-state index contributed by atoms with van der Waals surface area (Å²) in [7, 11) is 0. The van der Waals surface area contributed by atoms with Crippen molar-refractivity contribution in [2.45, 2.75) is 19.9 Å². The first-order valence-electron chi connectivity index (χ1n) is 4.13. The molecule has 0 N–H and O–H groups in total. The Morgan fingerprint density at radius 3 is 2.92 bits per heavy atom. The average Bonchev–Trinajstić information content (AvgIpc) is 2.28. The van der Waals surface area contributed by atoms with Crippen molar-refractivity contribution >= 4 is 0 Å². The lowest BCUT2D eigenvalue weighted by Crippen LogP contribution is -2.00. The zero-order valence-corrected chi connectivity index (χ0v) is 7.40. The van der Waals surface area contributed by atoms with Crippen LogP contribution in [0.15, 0.2) is 41.1 Å². The number of hydrogen-bond acceptors (Lipinski definition) is 2. The summed E-state index contributed by atoms with van der Waals surface area (Å²) in [4.78, 5) is 10.3. The highest BCUT2D eigenvalue weighted by molar-refractivity contribution is 5.31. The molecule has 2 atom stereocenters. The maximum absolute atomic E-state index is 10.3. The number of nitroso groups, excluding NO2 is 1. The van der Waals surface area contributed by atoms with Crippen LogP contribution in [0.5, 0.6) is 0 Å². The molecule has 0 amide bonds. The van der Waals surface area contributed by atoms with Crippen molar-refractivity contribution in [1.29, 1.82) is 0 Å². The van der Waals surface area contributed by atoms with Crippen molar-refractivity contribution in [2.24, 2.45) is 11.1 Å². The highest BCUT2D eigenvalue weighted by Gasteiger charge is 2.07. The molecule has 2 nitrogen and oxygen atoms in total. The first-order valence-corrected chi connectivity index (χ1v) is 4.13. The van der Waals surface area contributed by atoms with E-state index in [-0.39, 0.29) is 6.04 Å². The van der Waals surface area contributed by atoms with Crippen molar-refractivity contribution in [2.75, 3.05) is 0 Å². The second-order valence-corrected chi connectivity index (χ2v) is 3.05. The van der Waals surface area contributed by atoms with E-state index in [0.717, 1.165) is 5.57 Å². The number of hydrogen-bond donors (Lipinski definition) is 0. The zero-order chi connectivity index (χ0) is 8.97. The first-order chi connectivity index (χ1) is 5.74. The number of rotatable bonds is 2. The lowest BCUT2D eigenvalue weighted by atomic mass is 10.0. The van der Waals surface area contributed by atoms with Crippen LogP contribution in [0.2, 0.25) is 0 Å². The molecule has 0 aromatic carbocycles. The molecule has 0 aliphatic heterocycles. The van der Waals surface area contributed by atoms with Gasteiger partial charge in [-0.05, 0) is 18.4 Å². The third-order valence-electron chi connectivity index (χ3n) is 1.91. The summed E-state index contributed by atoms with van der Waals surface area (Å²) < 4.78 is 0. The second-order valence-electron chi connectivity index (χ2n) is 3.05. The molecular formula is C10H13NO. The Hall–Kier alpha value is -1.18. The topological polar surface area (TPSA) is 29.4 Å². The fourth-order valence-corrected chi connectivity index (χ4v) is 1.16. The summed E-state index contributed by atoms with van der Waals surface area (Å²) in [6.45, 7) is 3.89. The van der Waals surface area contributed by atoms with Gasteiger partial charge < -0.3 is 0 Å². The normalized spacial score (nSPS) is 24.5. The number of nitrogens with zero attached hydrogens (tertiary/aromatic N) is 1. The van der Waals surface area contributed by atoms with Gasteiger partial charge >= 0.3 is 0 Å². The maximum Gasteiger partial charge on any atom is 0.114 e. The molecule has 0 saturated carbocycles. The standard InChI is InChI=1S/C10H13NO/c1-8-5-3-4-6-10(7-8)9(2)11-12/h3-9H,1-2H3. The van der Waals surface area contributed by atoms with E-state index in [2.05, 4.69) is 24.3 Å². The predicted octanol–water partition coefficient (Wildman–Crippen LogP) is 2.83. The molecule has 1 aliphatic rings. The van der Waals surface area contributed by atoms with Crippen LogP contribution < -0.4 is 0 Å². The zero-order valence-electron chi connectivity index (χ0n) is 7.40. The van der Waals surface area contributed by atoms with Crippen molar-refractivity contribution in [1.82, 2.24) is 0 Å². The lowest BCUT2D eigenvalue weighted by molar-refractivity contribution is 0.843. The Morgan fingerprint density at radius 1 is 1.50 bits per heavy atom. The molecule has 0 spiro atoms. The Bertz CT molecular complexity index is 251. The van der Waals surface area contributed by atoms with Crippen LogP contribution in [0.4, 0.5) is 0 Å².